The van der Waals surface area contributed by atoms with E-state index in [-0.39, 0.29) is 22.6 Å². The predicted octanol–water partition coefficient (Wildman–Crippen LogP) is 2.59. The van der Waals surface area contributed by atoms with E-state index in [9.17, 15) is 14.4 Å². The van der Waals surface area contributed by atoms with Crippen molar-refractivity contribution in [2.24, 2.45) is 0 Å². The molecule has 0 amide bonds. The van der Waals surface area contributed by atoms with Gasteiger partial charge in [0.1, 0.15) is 5.52 Å². The van der Waals surface area contributed by atoms with Crippen LogP contribution in [0.2, 0.25) is 0 Å². The number of nitrogens with zero attached hydrogens (tertiary/aromatic N) is 1. The molecule has 3 rings (SSSR count). The molecule has 0 aliphatic heterocycles. The molecule has 1 aromatic heterocycles. The second kappa shape index (κ2) is 5.51. The number of carboxylic acid groups (broad SMARTS) is 3. The molecule has 8 nitrogen and oxygen atoms in total. The third kappa shape index (κ3) is 2.56. The summed E-state index contributed by atoms with van der Waals surface area (Å²) in [4.78, 5) is 37.4. The van der Waals surface area contributed by atoms with E-state index < -0.39 is 23.5 Å². The van der Waals surface area contributed by atoms with E-state index in [0.29, 0.717) is 11.1 Å². The molecule has 0 aliphatic rings. The Morgan fingerprint density at radius 2 is 1.54 bits per heavy atom. The van der Waals surface area contributed by atoms with Crippen LogP contribution >= 0.6 is 0 Å². The Labute approximate surface area is 133 Å². The summed E-state index contributed by atoms with van der Waals surface area (Å²) in [5.41, 5.74) is 0.183. The summed E-state index contributed by atoms with van der Waals surface area (Å²) in [6.45, 7) is 0. The van der Waals surface area contributed by atoms with Crippen molar-refractivity contribution in [1.82, 2.24) is 4.98 Å². The van der Waals surface area contributed by atoms with Crippen molar-refractivity contribution in [3.8, 4) is 11.5 Å². The van der Waals surface area contributed by atoms with Crippen LogP contribution in [0.3, 0.4) is 0 Å². The van der Waals surface area contributed by atoms with Crippen LogP contribution in [0.1, 0.15) is 31.1 Å². The number of hydrogen-bond acceptors (Lipinski definition) is 5. The highest BCUT2D eigenvalue weighted by atomic mass is 16.4. The van der Waals surface area contributed by atoms with Crippen molar-refractivity contribution in [3.63, 3.8) is 0 Å². The van der Waals surface area contributed by atoms with Crippen molar-refractivity contribution in [1.29, 1.82) is 0 Å². The number of oxazole rings is 1. The summed E-state index contributed by atoms with van der Waals surface area (Å²) >= 11 is 0. The molecular weight excluding hydrogens is 318 g/mol. The first-order chi connectivity index (χ1) is 11.4. The molecule has 3 aromatic rings. The fourth-order valence-corrected chi connectivity index (χ4v) is 2.22. The number of carbonyl (C=O) groups is 3. The molecule has 0 spiro atoms. The lowest BCUT2D eigenvalue weighted by Gasteiger charge is -2.03. The van der Waals surface area contributed by atoms with E-state index in [1.807, 2.05) is 0 Å². The van der Waals surface area contributed by atoms with Gasteiger partial charge in [0, 0.05) is 5.56 Å². The topological polar surface area (TPSA) is 138 Å². The van der Waals surface area contributed by atoms with Gasteiger partial charge >= 0.3 is 17.9 Å². The molecule has 0 unspecified atom stereocenters. The normalized spacial score (nSPS) is 10.7. The minimum absolute atomic E-state index is 0.0369. The van der Waals surface area contributed by atoms with Crippen LogP contribution in [0.15, 0.2) is 40.8 Å². The van der Waals surface area contributed by atoms with Crippen LogP contribution < -0.4 is 0 Å². The number of carboxylic acids is 3. The summed E-state index contributed by atoms with van der Waals surface area (Å²) < 4.78 is 5.48. The average molecular weight is 327 g/mol. The first kappa shape index (κ1) is 15.2. The molecule has 8 heteroatoms. The van der Waals surface area contributed by atoms with E-state index in [2.05, 4.69) is 4.98 Å². The highest BCUT2D eigenvalue weighted by Crippen LogP contribution is 2.27. The van der Waals surface area contributed by atoms with Crippen LogP contribution in [0.5, 0.6) is 0 Å². The Kier molecular flexibility index (Phi) is 3.49. The van der Waals surface area contributed by atoms with Gasteiger partial charge < -0.3 is 19.7 Å². The molecule has 0 saturated carbocycles. The SMILES string of the molecule is O=C(O)c1ccc2oc(-c3ccc(C(=O)O)c(C(=O)O)c3)nc2c1. The number of benzene rings is 2. The Morgan fingerprint density at radius 1 is 0.833 bits per heavy atom. The number of rotatable bonds is 4. The van der Waals surface area contributed by atoms with Gasteiger partial charge in [-0.15, -0.1) is 0 Å². The van der Waals surface area contributed by atoms with Gasteiger partial charge in [-0.3, -0.25) is 0 Å². The first-order valence-electron chi connectivity index (χ1n) is 6.61. The molecule has 120 valence electrons. The quantitative estimate of drug-likeness (QED) is 0.664. The molecule has 0 bridgehead atoms. The molecule has 24 heavy (non-hydrogen) atoms. The second-order valence-corrected chi connectivity index (χ2v) is 4.88. The number of aromatic carboxylic acids is 3. The summed E-state index contributed by atoms with van der Waals surface area (Å²) in [5.74, 6) is -3.80. The first-order valence-corrected chi connectivity index (χ1v) is 6.61. The molecule has 2 aromatic carbocycles. The van der Waals surface area contributed by atoms with Gasteiger partial charge in [-0.2, -0.15) is 0 Å². The summed E-state index contributed by atoms with van der Waals surface area (Å²) in [7, 11) is 0. The fourth-order valence-electron chi connectivity index (χ4n) is 2.22. The van der Waals surface area contributed by atoms with Crippen LogP contribution in [0.4, 0.5) is 0 Å². The van der Waals surface area contributed by atoms with Crippen molar-refractivity contribution >= 4 is 29.0 Å². The van der Waals surface area contributed by atoms with Gasteiger partial charge in [0.15, 0.2) is 5.58 Å². The lowest BCUT2D eigenvalue weighted by Crippen LogP contribution is -2.08. The van der Waals surface area contributed by atoms with Crippen LogP contribution in [0.25, 0.3) is 22.6 Å². The van der Waals surface area contributed by atoms with E-state index in [1.54, 1.807) is 0 Å². The van der Waals surface area contributed by atoms with Crippen molar-refractivity contribution in [3.05, 3.63) is 53.1 Å². The van der Waals surface area contributed by atoms with Gasteiger partial charge in [0.25, 0.3) is 0 Å². The fraction of sp³-hybridized carbons (Fsp3) is 0. The molecule has 0 aliphatic carbocycles. The predicted molar refractivity (Wildman–Crippen MR) is 80.3 cm³/mol. The zero-order valence-electron chi connectivity index (χ0n) is 11.9. The number of fused-ring (bicyclic) bond motifs is 1. The highest BCUT2D eigenvalue weighted by molar-refractivity contribution is 6.02. The van der Waals surface area contributed by atoms with Gasteiger partial charge in [-0.05, 0) is 36.4 Å². The summed E-state index contributed by atoms with van der Waals surface area (Å²) in [6.07, 6.45) is 0. The van der Waals surface area contributed by atoms with Crippen molar-refractivity contribution in [2.45, 2.75) is 0 Å². The monoisotopic (exact) mass is 327 g/mol. The van der Waals surface area contributed by atoms with Gasteiger partial charge in [-0.25, -0.2) is 19.4 Å². The standard InChI is InChI=1S/C16H9NO7/c18-14(19)8-2-4-12-11(6-8)17-13(24-12)7-1-3-9(15(20)21)10(5-7)16(22)23/h1-6H,(H,18,19)(H,20,21)(H,22,23). The smallest absolute Gasteiger partial charge is 0.336 e. The minimum atomic E-state index is -1.39. The summed E-state index contributed by atoms with van der Waals surface area (Å²) in [6, 6.07) is 7.80. The largest absolute Gasteiger partial charge is 0.478 e. The average Bonchev–Trinajstić information content (AvgIpc) is 2.97. The van der Waals surface area contributed by atoms with Crippen molar-refractivity contribution in [2.75, 3.05) is 0 Å². The maximum Gasteiger partial charge on any atom is 0.336 e. The molecule has 1 heterocycles. The Balaban J connectivity index is 2.13. The zero-order valence-corrected chi connectivity index (χ0v) is 11.9. The lowest BCUT2D eigenvalue weighted by molar-refractivity contribution is 0.0651. The summed E-state index contributed by atoms with van der Waals surface area (Å²) in [5, 5.41) is 27.1. The minimum Gasteiger partial charge on any atom is -0.478 e. The third-order valence-corrected chi connectivity index (χ3v) is 3.36. The van der Waals surface area contributed by atoms with Crippen LogP contribution in [-0.4, -0.2) is 38.2 Å². The molecule has 0 radical (unpaired) electrons. The Bertz CT molecular complexity index is 1000. The third-order valence-electron chi connectivity index (χ3n) is 3.36. The van der Waals surface area contributed by atoms with Crippen molar-refractivity contribution < 1.29 is 34.1 Å². The highest BCUT2D eigenvalue weighted by Gasteiger charge is 2.19. The van der Waals surface area contributed by atoms with Gasteiger partial charge in [0.2, 0.25) is 5.89 Å². The number of hydrogen-bond donors (Lipinski definition) is 3. The van der Waals surface area contributed by atoms with E-state index in [4.69, 9.17) is 19.7 Å². The van der Waals surface area contributed by atoms with E-state index >= 15 is 0 Å². The molecule has 3 N–H and O–H groups in total. The van der Waals surface area contributed by atoms with Crippen LogP contribution in [0, 0.1) is 0 Å². The Hall–Kier alpha value is -3.68. The lowest BCUT2D eigenvalue weighted by atomic mass is 10.0. The molecular formula is C16H9NO7. The van der Waals surface area contributed by atoms with Gasteiger partial charge in [-0.1, -0.05) is 0 Å². The molecule has 0 saturated heterocycles. The number of aromatic nitrogens is 1. The molecule has 0 atom stereocenters. The van der Waals surface area contributed by atoms with E-state index in [1.165, 1.54) is 24.3 Å². The van der Waals surface area contributed by atoms with E-state index in [0.717, 1.165) is 12.1 Å². The van der Waals surface area contributed by atoms with Crippen LogP contribution in [-0.2, 0) is 0 Å². The Morgan fingerprint density at radius 3 is 2.17 bits per heavy atom. The maximum absolute atomic E-state index is 11.2. The zero-order chi connectivity index (χ0) is 17.4. The second-order valence-electron chi connectivity index (χ2n) is 4.88. The molecule has 0 fully saturated rings. The van der Waals surface area contributed by atoms with Gasteiger partial charge in [0.05, 0.1) is 16.7 Å². The maximum atomic E-state index is 11.2.